The summed E-state index contributed by atoms with van der Waals surface area (Å²) >= 11 is 0. The number of Topliss-reactive ketones (excluding diaryl/α,β-unsaturated/α-hetero) is 1. The van der Waals surface area contributed by atoms with E-state index in [1.54, 1.807) is 20.8 Å². The minimum atomic E-state index is -0.953. The van der Waals surface area contributed by atoms with Crippen LogP contribution in [0, 0.1) is 0 Å². The highest BCUT2D eigenvalue weighted by Crippen LogP contribution is 2.12. The number of aliphatic hydroxyl groups is 1. The van der Waals surface area contributed by atoms with Crippen LogP contribution in [0.1, 0.15) is 39.7 Å². The number of carbonyl (C=O) groups is 2. The molecule has 0 unspecified atom stereocenters. The molecule has 0 aliphatic rings. The second-order valence-electron chi connectivity index (χ2n) is 6.42. The van der Waals surface area contributed by atoms with Crippen molar-refractivity contribution in [3.05, 3.63) is 35.9 Å². The predicted molar refractivity (Wildman–Crippen MR) is 84.6 cm³/mol. The number of hydrogen-bond acceptors (Lipinski definition) is 4. The Labute approximate surface area is 131 Å². The third kappa shape index (κ3) is 7.22. The van der Waals surface area contributed by atoms with Crippen molar-refractivity contribution in [3.8, 4) is 0 Å². The molecule has 0 aliphatic carbocycles. The highest BCUT2D eigenvalue weighted by atomic mass is 16.6. The lowest BCUT2D eigenvalue weighted by Crippen LogP contribution is -2.47. The average molecular weight is 307 g/mol. The summed E-state index contributed by atoms with van der Waals surface area (Å²) in [5.41, 5.74) is 0.346. The summed E-state index contributed by atoms with van der Waals surface area (Å²) in [4.78, 5) is 23.1. The van der Waals surface area contributed by atoms with Crippen LogP contribution < -0.4 is 5.32 Å². The van der Waals surface area contributed by atoms with Crippen LogP contribution in [-0.2, 0) is 16.0 Å². The molecule has 2 atom stereocenters. The average Bonchev–Trinajstić information content (AvgIpc) is 2.36. The van der Waals surface area contributed by atoms with Gasteiger partial charge in [-0.1, -0.05) is 30.3 Å². The van der Waals surface area contributed by atoms with E-state index in [4.69, 9.17) is 4.74 Å². The zero-order chi connectivity index (χ0) is 16.8. The van der Waals surface area contributed by atoms with Gasteiger partial charge in [0.2, 0.25) is 0 Å². The minimum absolute atomic E-state index is 0.00665. The maximum atomic E-state index is 11.9. The largest absolute Gasteiger partial charge is 0.444 e. The van der Waals surface area contributed by atoms with E-state index < -0.39 is 23.8 Å². The summed E-state index contributed by atoms with van der Waals surface area (Å²) in [6.07, 6.45) is -1.14. The summed E-state index contributed by atoms with van der Waals surface area (Å²) in [6, 6.07) is 8.90. The number of ketones is 1. The molecule has 2 N–H and O–H groups in total. The van der Waals surface area contributed by atoms with Gasteiger partial charge in [0, 0.05) is 6.42 Å². The fraction of sp³-hybridized carbons (Fsp3) is 0.529. The number of nitrogens with one attached hydrogen (secondary N) is 1. The Bertz CT molecular complexity index is 493. The number of carbonyl (C=O) groups excluding carboxylic acids is 2. The lowest BCUT2D eigenvalue weighted by Gasteiger charge is -2.26. The highest BCUT2D eigenvalue weighted by molar-refractivity contribution is 5.76. The Balaban J connectivity index is 2.77. The van der Waals surface area contributed by atoms with Gasteiger partial charge in [0.1, 0.15) is 11.4 Å². The van der Waals surface area contributed by atoms with E-state index in [0.717, 1.165) is 5.56 Å². The first-order valence-corrected chi connectivity index (χ1v) is 7.38. The van der Waals surface area contributed by atoms with Gasteiger partial charge in [-0.05, 0) is 39.7 Å². The number of ether oxygens (including phenoxy) is 1. The molecule has 122 valence electrons. The standard InChI is InChI=1S/C17H25NO4/c1-12(19)10-15(20)14(11-13-8-6-5-7-9-13)18-16(21)22-17(2,3)4/h5-9,14-15,20H,10-11H2,1-4H3,(H,18,21)/t14-,15-/m0/s1. The zero-order valence-corrected chi connectivity index (χ0v) is 13.6. The smallest absolute Gasteiger partial charge is 0.407 e. The van der Waals surface area contributed by atoms with Gasteiger partial charge in [0.15, 0.2) is 0 Å². The highest BCUT2D eigenvalue weighted by Gasteiger charge is 2.25. The Morgan fingerprint density at radius 1 is 1.23 bits per heavy atom. The van der Waals surface area contributed by atoms with Crippen molar-refractivity contribution >= 4 is 11.9 Å². The second kappa shape index (κ2) is 7.94. The molecule has 1 aromatic rings. The Morgan fingerprint density at radius 3 is 2.32 bits per heavy atom. The lowest BCUT2D eigenvalue weighted by atomic mass is 9.98. The number of hydrogen-bond donors (Lipinski definition) is 2. The van der Waals surface area contributed by atoms with E-state index in [1.807, 2.05) is 30.3 Å². The van der Waals surface area contributed by atoms with Gasteiger partial charge in [-0.3, -0.25) is 4.79 Å². The van der Waals surface area contributed by atoms with Crippen molar-refractivity contribution in [2.75, 3.05) is 0 Å². The van der Waals surface area contributed by atoms with Gasteiger partial charge >= 0.3 is 6.09 Å². The zero-order valence-electron chi connectivity index (χ0n) is 13.6. The first-order valence-electron chi connectivity index (χ1n) is 7.38. The molecule has 0 bridgehead atoms. The topological polar surface area (TPSA) is 75.6 Å². The Morgan fingerprint density at radius 2 is 1.82 bits per heavy atom. The third-order valence-electron chi connectivity index (χ3n) is 2.96. The number of amides is 1. The van der Waals surface area contributed by atoms with Crippen LogP contribution in [0.5, 0.6) is 0 Å². The molecule has 0 saturated heterocycles. The molecule has 5 heteroatoms. The number of rotatable bonds is 6. The molecule has 1 rings (SSSR count). The van der Waals surface area contributed by atoms with Crippen LogP contribution >= 0.6 is 0 Å². The van der Waals surface area contributed by atoms with Gasteiger partial charge in [-0.2, -0.15) is 0 Å². The van der Waals surface area contributed by atoms with E-state index in [9.17, 15) is 14.7 Å². The summed E-state index contributed by atoms with van der Waals surface area (Å²) in [6.45, 7) is 6.72. The molecule has 5 nitrogen and oxygen atoms in total. The molecule has 0 fully saturated rings. The molecule has 0 heterocycles. The van der Waals surface area contributed by atoms with Gasteiger partial charge in [-0.15, -0.1) is 0 Å². The summed E-state index contributed by atoms with van der Waals surface area (Å²) < 4.78 is 5.21. The summed E-state index contributed by atoms with van der Waals surface area (Å²) in [5.74, 6) is -0.128. The molecule has 0 aliphatic heterocycles. The van der Waals surface area contributed by atoms with Crippen LogP contribution in [0.3, 0.4) is 0 Å². The molecule has 0 aromatic heterocycles. The first-order chi connectivity index (χ1) is 10.2. The van der Waals surface area contributed by atoms with Crippen molar-refractivity contribution in [2.24, 2.45) is 0 Å². The monoisotopic (exact) mass is 307 g/mol. The van der Waals surface area contributed by atoms with Gasteiger partial charge in [0.05, 0.1) is 12.1 Å². The van der Waals surface area contributed by atoms with Crippen LogP contribution in [0.2, 0.25) is 0 Å². The van der Waals surface area contributed by atoms with Crippen LogP contribution in [0.25, 0.3) is 0 Å². The molecule has 0 saturated carbocycles. The first kappa shape index (κ1) is 18.2. The van der Waals surface area contributed by atoms with Crippen molar-refractivity contribution in [2.45, 2.75) is 58.3 Å². The Kier molecular flexibility index (Phi) is 6.56. The Hall–Kier alpha value is -1.88. The quantitative estimate of drug-likeness (QED) is 0.846. The fourth-order valence-corrected chi connectivity index (χ4v) is 2.05. The molecule has 0 spiro atoms. The van der Waals surface area contributed by atoms with Crippen LogP contribution in [-0.4, -0.2) is 34.7 Å². The molecule has 0 radical (unpaired) electrons. The van der Waals surface area contributed by atoms with E-state index in [1.165, 1.54) is 6.92 Å². The van der Waals surface area contributed by atoms with E-state index in [0.29, 0.717) is 6.42 Å². The fourth-order valence-electron chi connectivity index (χ4n) is 2.05. The van der Waals surface area contributed by atoms with Gasteiger partial charge in [0.25, 0.3) is 0 Å². The van der Waals surface area contributed by atoms with Crippen molar-refractivity contribution in [1.82, 2.24) is 5.32 Å². The molecular weight excluding hydrogens is 282 g/mol. The third-order valence-corrected chi connectivity index (χ3v) is 2.96. The molecular formula is C17H25NO4. The predicted octanol–water partition coefficient (Wildman–Crippen LogP) is 2.46. The second-order valence-corrected chi connectivity index (χ2v) is 6.42. The SMILES string of the molecule is CC(=O)C[C@H](O)[C@H](Cc1ccccc1)NC(=O)OC(C)(C)C. The molecule has 1 amide bonds. The van der Waals surface area contributed by atoms with Crippen LogP contribution in [0.15, 0.2) is 30.3 Å². The normalized spacial score (nSPS) is 14.0. The van der Waals surface area contributed by atoms with Crippen molar-refractivity contribution in [3.63, 3.8) is 0 Å². The summed E-state index contributed by atoms with van der Waals surface area (Å²) in [5, 5.41) is 12.9. The molecule has 1 aromatic carbocycles. The maximum absolute atomic E-state index is 11.9. The van der Waals surface area contributed by atoms with Crippen molar-refractivity contribution in [1.29, 1.82) is 0 Å². The molecule has 22 heavy (non-hydrogen) atoms. The number of benzene rings is 1. The van der Waals surface area contributed by atoms with E-state index in [2.05, 4.69) is 5.32 Å². The van der Waals surface area contributed by atoms with E-state index >= 15 is 0 Å². The maximum Gasteiger partial charge on any atom is 0.407 e. The van der Waals surface area contributed by atoms with Crippen LogP contribution in [0.4, 0.5) is 4.79 Å². The number of aliphatic hydroxyl groups excluding tert-OH is 1. The summed E-state index contributed by atoms with van der Waals surface area (Å²) in [7, 11) is 0. The lowest BCUT2D eigenvalue weighted by molar-refractivity contribution is -0.119. The van der Waals surface area contributed by atoms with Gasteiger partial charge < -0.3 is 15.2 Å². The van der Waals surface area contributed by atoms with Crippen molar-refractivity contribution < 1.29 is 19.4 Å². The van der Waals surface area contributed by atoms with E-state index in [-0.39, 0.29) is 12.2 Å². The minimum Gasteiger partial charge on any atom is -0.444 e. The number of alkyl carbamates (subject to hydrolysis) is 1. The van der Waals surface area contributed by atoms with Gasteiger partial charge in [-0.25, -0.2) is 4.79 Å².